The lowest BCUT2D eigenvalue weighted by Crippen LogP contribution is -2.00. The van der Waals surface area contributed by atoms with Gasteiger partial charge in [0.05, 0.1) is 18.2 Å². The van der Waals surface area contributed by atoms with E-state index >= 15 is 0 Å². The molecule has 0 unspecified atom stereocenters. The van der Waals surface area contributed by atoms with Gasteiger partial charge in [-0.15, -0.1) is 0 Å². The molecule has 0 spiro atoms. The van der Waals surface area contributed by atoms with Crippen molar-refractivity contribution in [3.63, 3.8) is 0 Å². The van der Waals surface area contributed by atoms with Gasteiger partial charge in [-0.05, 0) is 42.8 Å². The highest BCUT2D eigenvalue weighted by atomic mass is 79.9. The molecule has 2 aromatic rings. The molecule has 21 heavy (non-hydrogen) atoms. The molecular weight excluding hydrogens is 356 g/mol. The van der Waals surface area contributed by atoms with Crippen LogP contribution >= 0.6 is 27.5 Å². The molecule has 5 heteroatoms. The molecule has 0 aliphatic rings. The van der Waals surface area contributed by atoms with Crippen molar-refractivity contribution in [3.8, 4) is 11.5 Å². The number of halogens is 2. The quantitative estimate of drug-likeness (QED) is 0.825. The van der Waals surface area contributed by atoms with Crippen molar-refractivity contribution in [1.29, 1.82) is 0 Å². The summed E-state index contributed by atoms with van der Waals surface area (Å²) in [6.07, 6.45) is -0.554. The summed E-state index contributed by atoms with van der Waals surface area (Å²) in [7, 11) is 1.62. The fourth-order valence-corrected chi connectivity index (χ4v) is 2.56. The van der Waals surface area contributed by atoms with E-state index < -0.39 is 6.10 Å². The Morgan fingerprint density at radius 1 is 1.19 bits per heavy atom. The van der Waals surface area contributed by atoms with Gasteiger partial charge < -0.3 is 14.6 Å². The van der Waals surface area contributed by atoms with E-state index in [1.807, 2.05) is 18.2 Å². The zero-order chi connectivity index (χ0) is 15.4. The van der Waals surface area contributed by atoms with Gasteiger partial charge >= 0.3 is 0 Å². The molecule has 0 aliphatic heterocycles. The molecule has 0 bridgehead atoms. The molecule has 0 amide bonds. The molecule has 0 fully saturated rings. The molecule has 0 heterocycles. The van der Waals surface area contributed by atoms with Gasteiger partial charge in [0.2, 0.25) is 0 Å². The van der Waals surface area contributed by atoms with Crippen LogP contribution in [0.15, 0.2) is 40.9 Å². The van der Waals surface area contributed by atoms with Gasteiger partial charge in [-0.2, -0.15) is 0 Å². The number of benzene rings is 2. The molecule has 0 aliphatic carbocycles. The summed E-state index contributed by atoms with van der Waals surface area (Å²) in [6, 6.07) is 11.0. The summed E-state index contributed by atoms with van der Waals surface area (Å²) in [6.45, 7) is 2.04. The summed E-state index contributed by atoms with van der Waals surface area (Å²) in [5.74, 6) is 1.33. The second-order valence-corrected chi connectivity index (χ2v) is 5.93. The zero-order valence-electron chi connectivity index (χ0n) is 11.8. The molecule has 3 nitrogen and oxygen atoms in total. The van der Waals surface area contributed by atoms with Crippen LogP contribution in [0.1, 0.15) is 24.2 Å². The Morgan fingerprint density at radius 2 is 1.90 bits per heavy atom. The molecule has 0 radical (unpaired) electrons. The first kappa shape index (κ1) is 16.1. The second kappa shape index (κ2) is 7.16. The maximum Gasteiger partial charge on any atom is 0.138 e. The van der Waals surface area contributed by atoms with E-state index in [4.69, 9.17) is 21.1 Å². The Balaban J connectivity index is 2.15. The van der Waals surface area contributed by atoms with E-state index in [1.165, 1.54) is 0 Å². The number of rotatable bonds is 5. The molecule has 0 saturated heterocycles. The van der Waals surface area contributed by atoms with E-state index in [9.17, 15) is 5.11 Å². The van der Waals surface area contributed by atoms with Crippen LogP contribution in [0.5, 0.6) is 11.5 Å². The Kier molecular flexibility index (Phi) is 5.51. The summed E-state index contributed by atoms with van der Waals surface area (Å²) >= 11 is 9.59. The Bertz CT molecular complexity index is 629. The fourth-order valence-electron chi connectivity index (χ4n) is 1.91. The first-order chi connectivity index (χ1) is 10.0. The summed E-state index contributed by atoms with van der Waals surface area (Å²) in [4.78, 5) is 0. The van der Waals surface area contributed by atoms with Crippen LogP contribution in [0.3, 0.4) is 0 Å². The van der Waals surface area contributed by atoms with Crippen LogP contribution in [0.25, 0.3) is 0 Å². The SMILES string of the molecule is COc1ccc(Br)cc1COc1ccc([C@H](C)O)cc1Cl. The Morgan fingerprint density at radius 3 is 2.52 bits per heavy atom. The van der Waals surface area contributed by atoms with E-state index in [-0.39, 0.29) is 0 Å². The fraction of sp³-hybridized carbons (Fsp3) is 0.250. The zero-order valence-corrected chi connectivity index (χ0v) is 14.1. The van der Waals surface area contributed by atoms with Gasteiger partial charge in [0.1, 0.15) is 18.1 Å². The van der Waals surface area contributed by atoms with E-state index in [1.54, 1.807) is 32.2 Å². The summed E-state index contributed by atoms with van der Waals surface area (Å²) in [5.41, 5.74) is 1.68. The van der Waals surface area contributed by atoms with Crippen LogP contribution in [0.2, 0.25) is 5.02 Å². The number of hydrogen-bond donors (Lipinski definition) is 1. The maximum atomic E-state index is 9.52. The molecular formula is C16H16BrClO3. The third-order valence-electron chi connectivity index (χ3n) is 3.06. The molecule has 2 aromatic carbocycles. The van der Waals surface area contributed by atoms with Gasteiger partial charge in [0, 0.05) is 10.0 Å². The highest BCUT2D eigenvalue weighted by molar-refractivity contribution is 9.10. The first-order valence-corrected chi connectivity index (χ1v) is 7.61. The van der Waals surface area contributed by atoms with E-state index in [0.29, 0.717) is 17.4 Å². The minimum atomic E-state index is -0.554. The normalized spacial score (nSPS) is 12.0. The van der Waals surface area contributed by atoms with E-state index in [0.717, 1.165) is 21.3 Å². The minimum absolute atomic E-state index is 0.344. The van der Waals surface area contributed by atoms with Gasteiger partial charge in [0.15, 0.2) is 0 Å². The van der Waals surface area contributed by atoms with Crippen molar-refractivity contribution < 1.29 is 14.6 Å². The van der Waals surface area contributed by atoms with Gasteiger partial charge in [-0.1, -0.05) is 33.6 Å². The first-order valence-electron chi connectivity index (χ1n) is 6.44. The molecule has 1 atom stereocenters. The summed E-state index contributed by atoms with van der Waals surface area (Å²) < 4.78 is 12.0. The van der Waals surface area contributed by atoms with Crippen molar-refractivity contribution in [2.45, 2.75) is 19.6 Å². The van der Waals surface area contributed by atoms with Crippen LogP contribution in [0, 0.1) is 0 Å². The van der Waals surface area contributed by atoms with Crippen LogP contribution < -0.4 is 9.47 Å². The van der Waals surface area contributed by atoms with Crippen molar-refractivity contribution in [3.05, 3.63) is 57.0 Å². The van der Waals surface area contributed by atoms with Gasteiger partial charge in [-0.3, -0.25) is 0 Å². The number of aliphatic hydroxyl groups excluding tert-OH is 1. The lowest BCUT2D eigenvalue weighted by molar-refractivity contribution is 0.199. The van der Waals surface area contributed by atoms with Crippen molar-refractivity contribution in [2.24, 2.45) is 0 Å². The van der Waals surface area contributed by atoms with Gasteiger partial charge in [-0.25, -0.2) is 0 Å². The molecule has 112 valence electrons. The van der Waals surface area contributed by atoms with Gasteiger partial charge in [0.25, 0.3) is 0 Å². The Hall–Kier alpha value is -1.23. The lowest BCUT2D eigenvalue weighted by Gasteiger charge is -2.13. The number of hydrogen-bond acceptors (Lipinski definition) is 3. The van der Waals surface area contributed by atoms with E-state index in [2.05, 4.69) is 15.9 Å². The number of ether oxygens (including phenoxy) is 2. The minimum Gasteiger partial charge on any atom is -0.496 e. The highest BCUT2D eigenvalue weighted by Crippen LogP contribution is 2.30. The maximum absolute atomic E-state index is 9.52. The molecule has 0 saturated carbocycles. The molecule has 1 N–H and O–H groups in total. The predicted octanol–water partition coefficient (Wildman–Crippen LogP) is 4.74. The lowest BCUT2D eigenvalue weighted by atomic mass is 10.1. The number of methoxy groups -OCH3 is 1. The highest BCUT2D eigenvalue weighted by Gasteiger charge is 2.09. The monoisotopic (exact) mass is 370 g/mol. The van der Waals surface area contributed by atoms with Crippen molar-refractivity contribution in [2.75, 3.05) is 7.11 Å². The third-order valence-corrected chi connectivity index (χ3v) is 3.85. The second-order valence-electron chi connectivity index (χ2n) is 4.61. The predicted molar refractivity (Wildman–Crippen MR) is 87.1 cm³/mol. The van der Waals surface area contributed by atoms with Crippen LogP contribution in [-0.4, -0.2) is 12.2 Å². The molecule has 2 rings (SSSR count). The van der Waals surface area contributed by atoms with Crippen molar-refractivity contribution >= 4 is 27.5 Å². The van der Waals surface area contributed by atoms with Crippen LogP contribution in [0.4, 0.5) is 0 Å². The largest absolute Gasteiger partial charge is 0.496 e. The topological polar surface area (TPSA) is 38.7 Å². The average Bonchev–Trinajstić information content (AvgIpc) is 2.46. The van der Waals surface area contributed by atoms with Crippen molar-refractivity contribution in [1.82, 2.24) is 0 Å². The smallest absolute Gasteiger partial charge is 0.138 e. The Labute approximate surface area is 137 Å². The van der Waals surface area contributed by atoms with Crippen LogP contribution in [-0.2, 0) is 6.61 Å². The molecule has 0 aromatic heterocycles. The average molecular weight is 372 g/mol. The summed E-state index contributed by atoms with van der Waals surface area (Å²) in [5, 5.41) is 10.00. The standard InChI is InChI=1S/C16H16BrClO3/c1-10(19)11-3-5-16(14(18)8-11)21-9-12-7-13(17)4-6-15(12)20-2/h3-8,10,19H,9H2,1-2H3/t10-/m0/s1. The number of aliphatic hydroxyl groups is 1. The third kappa shape index (κ3) is 4.13.